The Labute approximate surface area is 201 Å². The minimum Gasteiger partial charge on any atom is -0.486 e. The van der Waals surface area contributed by atoms with Crippen molar-refractivity contribution in [1.29, 1.82) is 0 Å². The van der Waals surface area contributed by atoms with Crippen molar-refractivity contribution in [3.63, 3.8) is 0 Å². The lowest BCUT2D eigenvalue weighted by atomic mass is 10.2. The fourth-order valence-corrected chi connectivity index (χ4v) is 3.91. The third-order valence-corrected chi connectivity index (χ3v) is 6.02. The molecule has 0 atom stereocenters. The molecule has 0 amide bonds. The maximum Gasteiger partial charge on any atom is 0.245 e. The van der Waals surface area contributed by atoms with Gasteiger partial charge in [0.2, 0.25) is 5.88 Å². The van der Waals surface area contributed by atoms with Gasteiger partial charge in [-0.2, -0.15) is 4.98 Å². The third kappa shape index (κ3) is 4.59. The first-order valence-electron chi connectivity index (χ1n) is 11.1. The van der Waals surface area contributed by atoms with E-state index in [4.69, 9.17) is 26.1 Å². The second-order valence-electron chi connectivity index (χ2n) is 8.88. The van der Waals surface area contributed by atoms with E-state index >= 15 is 0 Å². The molecular formula is C25H24ClN5O3. The first kappa shape index (κ1) is 22.3. The number of aromatic nitrogens is 5. The summed E-state index contributed by atoms with van der Waals surface area (Å²) in [6.07, 6.45) is 5.24. The molecule has 1 fully saturated rings. The molecule has 0 N–H and O–H groups in total. The molecule has 3 aromatic heterocycles. The fraction of sp³-hybridized carbons (Fsp3) is 0.320. The molecule has 0 saturated heterocycles. The predicted molar refractivity (Wildman–Crippen MR) is 128 cm³/mol. The smallest absolute Gasteiger partial charge is 0.245 e. The Morgan fingerprint density at radius 3 is 2.71 bits per heavy atom. The van der Waals surface area contributed by atoms with Crippen molar-refractivity contribution in [3.8, 4) is 23.0 Å². The van der Waals surface area contributed by atoms with E-state index in [9.17, 15) is 4.79 Å². The Hall–Kier alpha value is -3.52. The molecule has 34 heavy (non-hydrogen) atoms. The quantitative estimate of drug-likeness (QED) is 0.360. The zero-order valence-electron chi connectivity index (χ0n) is 19.2. The SMILES string of the molecule is CC(=O)COc1ccc(-c2nc3c(OC4(C)CC4)ncnc3n2Cc2cc(C)ccn2)c(Cl)c1. The number of benzene rings is 1. The molecule has 0 aliphatic heterocycles. The van der Waals surface area contributed by atoms with Gasteiger partial charge < -0.3 is 14.0 Å². The summed E-state index contributed by atoms with van der Waals surface area (Å²) in [5.74, 6) is 1.52. The number of pyridine rings is 1. The molecule has 0 bridgehead atoms. The third-order valence-electron chi connectivity index (χ3n) is 5.71. The van der Waals surface area contributed by atoms with E-state index in [2.05, 4.69) is 21.9 Å². The molecule has 5 rings (SSSR count). The van der Waals surface area contributed by atoms with Gasteiger partial charge in [-0.05, 0) is 69.5 Å². The molecule has 0 radical (unpaired) electrons. The fourth-order valence-electron chi connectivity index (χ4n) is 3.66. The summed E-state index contributed by atoms with van der Waals surface area (Å²) in [6.45, 7) is 5.99. The molecule has 1 aliphatic carbocycles. The first-order valence-corrected chi connectivity index (χ1v) is 11.4. The second kappa shape index (κ2) is 8.68. The maximum absolute atomic E-state index is 11.3. The molecule has 8 nitrogen and oxygen atoms in total. The number of ether oxygens (including phenoxy) is 2. The molecule has 1 aliphatic rings. The number of ketones is 1. The van der Waals surface area contributed by atoms with Crippen LogP contribution in [-0.4, -0.2) is 42.5 Å². The van der Waals surface area contributed by atoms with Crippen LogP contribution in [0.3, 0.4) is 0 Å². The number of hydrogen-bond acceptors (Lipinski definition) is 7. The number of fused-ring (bicyclic) bond motifs is 1. The number of rotatable bonds is 8. The highest BCUT2D eigenvalue weighted by molar-refractivity contribution is 6.33. The average Bonchev–Trinajstić information content (AvgIpc) is 3.41. The van der Waals surface area contributed by atoms with Crippen molar-refractivity contribution in [2.45, 2.75) is 45.8 Å². The van der Waals surface area contributed by atoms with E-state index in [0.717, 1.165) is 24.1 Å². The normalized spacial score (nSPS) is 14.2. The van der Waals surface area contributed by atoms with Gasteiger partial charge in [-0.25, -0.2) is 9.97 Å². The van der Waals surface area contributed by atoms with Crippen molar-refractivity contribution < 1.29 is 14.3 Å². The number of Topliss-reactive ketones (excluding diaryl/α,β-unsaturated/α-hetero) is 1. The van der Waals surface area contributed by atoms with Crippen LogP contribution in [0.15, 0.2) is 42.9 Å². The number of halogens is 1. The standard InChI is InChI=1S/C25H24ClN5O3/c1-15-6-9-27-17(10-15)12-31-22(19-5-4-18(11-20(19)26)33-13-16(2)32)30-21-23(31)28-14-29-24(21)34-25(3)7-8-25/h4-6,9-11,14H,7-8,12-13H2,1-3H3. The van der Waals surface area contributed by atoms with Gasteiger partial charge in [0.05, 0.1) is 17.3 Å². The van der Waals surface area contributed by atoms with Gasteiger partial charge in [0.1, 0.15) is 30.1 Å². The molecule has 4 aromatic rings. The van der Waals surface area contributed by atoms with Crippen LogP contribution in [0.5, 0.6) is 11.6 Å². The minimum atomic E-state index is -0.212. The summed E-state index contributed by atoms with van der Waals surface area (Å²) >= 11 is 6.66. The van der Waals surface area contributed by atoms with Crippen LogP contribution in [0.25, 0.3) is 22.6 Å². The van der Waals surface area contributed by atoms with Crippen LogP contribution in [0.1, 0.15) is 37.9 Å². The first-order chi connectivity index (χ1) is 16.3. The predicted octanol–water partition coefficient (Wildman–Crippen LogP) is 4.80. The van der Waals surface area contributed by atoms with E-state index in [0.29, 0.717) is 45.7 Å². The lowest BCUT2D eigenvalue weighted by molar-refractivity contribution is -0.118. The molecule has 9 heteroatoms. The molecule has 3 heterocycles. The van der Waals surface area contributed by atoms with Crippen LogP contribution >= 0.6 is 11.6 Å². The van der Waals surface area contributed by atoms with Crippen LogP contribution in [-0.2, 0) is 11.3 Å². The molecule has 0 unspecified atom stereocenters. The highest BCUT2D eigenvalue weighted by Crippen LogP contribution is 2.41. The lowest BCUT2D eigenvalue weighted by Crippen LogP contribution is -2.13. The maximum atomic E-state index is 11.3. The highest BCUT2D eigenvalue weighted by atomic mass is 35.5. The van der Waals surface area contributed by atoms with Gasteiger partial charge in [0.15, 0.2) is 16.9 Å². The Morgan fingerprint density at radius 1 is 1.18 bits per heavy atom. The topological polar surface area (TPSA) is 92.0 Å². The molecular weight excluding hydrogens is 454 g/mol. The lowest BCUT2D eigenvalue weighted by Gasteiger charge is -2.12. The van der Waals surface area contributed by atoms with Crippen LogP contribution in [0, 0.1) is 6.92 Å². The van der Waals surface area contributed by atoms with Gasteiger partial charge in [0.25, 0.3) is 0 Å². The van der Waals surface area contributed by atoms with Crippen LogP contribution in [0.2, 0.25) is 5.02 Å². The Balaban J connectivity index is 1.62. The van der Waals surface area contributed by atoms with E-state index in [1.54, 1.807) is 18.3 Å². The summed E-state index contributed by atoms with van der Waals surface area (Å²) in [6, 6.07) is 9.27. The van der Waals surface area contributed by atoms with Gasteiger partial charge in [0, 0.05) is 11.8 Å². The number of aryl methyl sites for hydroxylation is 1. The van der Waals surface area contributed by atoms with Crippen LogP contribution in [0.4, 0.5) is 0 Å². The van der Waals surface area contributed by atoms with E-state index in [1.165, 1.54) is 13.3 Å². The zero-order valence-corrected chi connectivity index (χ0v) is 20.0. The number of hydrogen-bond donors (Lipinski definition) is 0. The second-order valence-corrected chi connectivity index (χ2v) is 9.29. The summed E-state index contributed by atoms with van der Waals surface area (Å²) in [7, 11) is 0. The van der Waals surface area contributed by atoms with E-state index in [1.807, 2.05) is 29.7 Å². The van der Waals surface area contributed by atoms with E-state index in [-0.39, 0.29) is 18.0 Å². The van der Waals surface area contributed by atoms with Crippen molar-refractivity contribution >= 4 is 28.5 Å². The number of imidazole rings is 1. The summed E-state index contributed by atoms with van der Waals surface area (Å²) < 4.78 is 13.7. The molecule has 174 valence electrons. The van der Waals surface area contributed by atoms with Gasteiger partial charge in [-0.1, -0.05) is 11.6 Å². The van der Waals surface area contributed by atoms with Gasteiger partial charge >= 0.3 is 0 Å². The monoisotopic (exact) mass is 477 g/mol. The van der Waals surface area contributed by atoms with Crippen molar-refractivity contribution in [3.05, 3.63) is 59.1 Å². The Bertz CT molecular complexity index is 1400. The number of carbonyl (C=O) groups excluding carboxylic acids is 1. The number of carbonyl (C=O) groups is 1. The molecule has 1 saturated carbocycles. The van der Waals surface area contributed by atoms with E-state index < -0.39 is 0 Å². The summed E-state index contributed by atoms with van der Waals surface area (Å²) in [5, 5.41) is 0.444. The molecule has 1 aromatic carbocycles. The highest BCUT2D eigenvalue weighted by Gasteiger charge is 2.41. The van der Waals surface area contributed by atoms with Crippen molar-refractivity contribution in [2.75, 3.05) is 6.61 Å². The minimum absolute atomic E-state index is 0.0116. The average molecular weight is 478 g/mol. The number of nitrogens with zero attached hydrogens (tertiary/aromatic N) is 5. The summed E-state index contributed by atoms with van der Waals surface area (Å²) in [5.41, 5.74) is 3.68. The summed E-state index contributed by atoms with van der Waals surface area (Å²) in [4.78, 5) is 29.6. The van der Waals surface area contributed by atoms with Crippen LogP contribution < -0.4 is 9.47 Å². The zero-order chi connectivity index (χ0) is 23.9. The van der Waals surface area contributed by atoms with Crippen molar-refractivity contribution in [2.24, 2.45) is 0 Å². The Kier molecular flexibility index (Phi) is 5.69. The molecule has 0 spiro atoms. The Morgan fingerprint density at radius 2 is 2.00 bits per heavy atom. The van der Waals surface area contributed by atoms with Gasteiger partial charge in [-0.3, -0.25) is 9.78 Å². The van der Waals surface area contributed by atoms with Crippen molar-refractivity contribution in [1.82, 2.24) is 24.5 Å². The largest absolute Gasteiger partial charge is 0.486 e. The van der Waals surface area contributed by atoms with Gasteiger partial charge in [-0.15, -0.1) is 0 Å².